The first kappa shape index (κ1) is 14.1. The Hall–Kier alpha value is -1.88. The summed E-state index contributed by atoms with van der Waals surface area (Å²) in [5, 5.41) is 17.5. The monoisotopic (exact) mass is 338 g/mol. The van der Waals surface area contributed by atoms with E-state index in [0.29, 0.717) is 43.8 Å². The molecule has 9 heteroatoms. The average molecular weight is 339 g/mol. The molecule has 1 N–H and O–H groups in total. The van der Waals surface area contributed by atoms with Crippen LogP contribution in [0.15, 0.2) is 6.07 Å². The molecule has 0 atom stereocenters. The molecular formula is C12H8Cl2N6S. The maximum atomic E-state index is 9.25. The Labute approximate surface area is 134 Å². The van der Waals surface area contributed by atoms with Gasteiger partial charge in [-0.2, -0.15) is 19.1 Å². The van der Waals surface area contributed by atoms with Crippen LogP contribution in [0.5, 0.6) is 0 Å². The molecule has 21 heavy (non-hydrogen) atoms. The quantitative estimate of drug-likeness (QED) is 0.771. The fourth-order valence-corrected chi connectivity index (χ4v) is 3.21. The molecule has 0 unspecified atom stereocenters. The second-order valence-corrected chi connectivity index (χ2v) is 5.69. The van der Waals surface area contributed by atoms with Crippen molar-refractivity contribution in [1.29, 1.82) is 5.26 Å². The molecular weight excluding hydrogens is 331 g/mol. The summed E-state index contributed by atoms with van der Waals surface area (Å²) in [5.74, 6) is 0.550. The van der Waals surface area contributed by atoms with Crippen LogP contribution in [0.3, 0.4) is 0 Å². The van der Waals surface area contributed by atoms with Crippen LogP contribution in [-0.2, 0) is 7.05 Å². The van der Waals surface area contributed by atoms with Crippen LogP contribution in [-0.4, -0.2) is 18.5 Å². The third-order valence-corrected chi connectivity index (χ3v) is 4.14. The van der Waals surface area contributed by atoms with Crippen LogP contribution in [0.2, 0.25) is 10.0 Å². The lowest BCUT2D eigenvalue weighted by Gasteiger charge is -2.10. The van der Waals surface area contributed by atoms with Crippen molar-refractivity contribution in [3.63, 3.8) is 0 Å². The van der Waals surface area contributed by atoms with Crippen molar-refractivity contribution in [1.82, 2.24) is 18.5 Å². The van der Waals surface area contributed by atoms with E-state index in [9.17, 15) is 5.26 Å². The fraction of sp³-hybridized carbons (Fsp3) is 0.167. The topological polar surface area (TPSA) is 79.4 Å². The van der Waals surface area contributed by atoms with E-state index in [4.69, 9.17) is 23.2 Å². The highest BCUT2D eigenvalue weighted by molar-refractivity contribution is 7.00. The van der Waals surface area contributed by atoms with Crippen LogP contribution < -0.4 is 5.32 Å². The van der Waals surface area contributed by atoms with Crippen LogP contribution in [0.1, 0.15) is 11.3 Å². The van der Waals surface area contributed by atoms with Gasteiger partial charge in [-0.1, -0.05) is 23.2 Å². The van der Waals surface area contributed by atoms with E-state index < -0.39 is 0 Å². The van der Waals surface area contributed by atoms with Gasteiger partial charge in [-0.3, -0.25) is 4.68 Å². The number of nitriles is 1. The molecule has 0 radical (unpaired) electrons. The van der Waals surface area contributed by atoms with Crippen LogP contribution in [0.25, 0.3) is 11.0 Å². The van der Waals surface area contributed by atoms with Gasteiger partial charge in [0.2, 0.25) is 0 Å². The number of anilines is 2. The molecule has 3 rings (SSSR count). The maximum absolute atomic E-state index is 9.25. The largest absolute Gasteiger partial charge is 0.336 e. The first-order valence-electron chi connectivity index (χ1n) is 5.84. The van der Waals surface area contributed by atoms with E-state index >= 15 is 0 Å². The zero-order valence-electron chi connectivity index (χ0n) is 11.0. The van der Waals surface area contributed by atoms with Gasteiger partial charge in [0.15, 0.2) is 0 Å². The fourth-order valence-electron chi connectivity index (χ4n) is 2.05. The van der Waals surface area contributed by atoms with Gasteiger partial charge in [-0.25, -0.2) is 0 Å². The molecule has 0 saturated heterocycles. The predicted octanol–water partition coefficient (Wildman–Crippen LogP) is 3.66. The smallest absolute Gasteiger partial charge is 0.146 e. The molecule has 0 fully saturated rings. The SMILES string of the molecule is Cc1nn(C)c(Nc2c(Cl)cc(Cl)c3nsnc23)c1C#N. The van der Waals surface area contributed by atoms with Gasteiger partial charge in [-0.05, 0) is 13.0 Å². The second-order valence-electron chi connectivity index (χ2n) is 4.35. The Morgan fingerprint density at radius 3 is 2.71 bits per heavy atom. The first-order valence-corrected chi connectivity index (χ1v) is 7.32. The third-order valence-electron chi connectivity index (χ3n) is 3.02. The average Bonchev–Trinajstić information content (AvgIpc) is 3.00. The molecule has 3 aromatic rings. The van der Waals surface area contributed by atoms with E-state index in [0.717, 1.165) is 11.7 Å². The van der Waals surface area contributed by atoms with E-state index in [2.05, 4.69) is 25.2 Å². The van der Waals surface area contributed by atoms with E-state index in [1.807, 2.05) is 0 Å². The van der Waals surface area contributed by atoms with E-state index in [1.54, 1.807) is 24.7 Å². The van der Waals surface area contributed by atoms with E-state index in [1.165, 1.54) is 0 Å². The number of fused-ring (bicyclic) bond motifs is 1. The molecule has 0 aliphatic rings. The van der Waals surface area contributed by atoms with Crippen molar-refractivity contribution >= 4 is 57.5 Å². The van der Waals surface area contributed by atoms with Crippen LogP contribution in [0.4, 0.5) is 11.5 Å². The number of hydrogen-bond acceptors (Lipinski definition) is 6. The van der Waals surface area contributed by atoms with Crippen molar-refractivity contribution in [2.45, 2.75) is 6.92 Å². The molecule has 0 aliphatic carbocycles. The Morgan fingerprint density at radius 1 is 1.29 bits per heavy atom. The summed E-state index contributed by atoms with van der Waals surface area (Å²) in [5.41, 5.74) is 2.80. The summed E-state index contributed by atoms with van der Waals surface area (Å²) in [6.07, 6.45) is 0. The number of aryl methyl sites for hydroxylation is 2. The lowest BCUT2D eigenvalue weighted by molar-refractivity contribution is 0.765. The number of rotatable bonds is 2. The molecule has 106 valence electrons. The zero-order chi connectivity index (χ0) is 15.1. The Balaban J connectivity index is 2.20. The molecule has 0 amide bonds. The van der Waals surface area contributed by atoms with Gasteiger partial charge in [-0.15, -0.1) is 0 Å². The summed E-state index contributed by atoms with van der Waals surface area (Å²) in [6.45, 7) is 1.77. The normalized spacial score (nSPS) is 10.8. The summed E-state index contributed by atoms with van der Waals surface area (Å²) in [4.78, 5) is 0. The third kappa shape index (κ3) is 2.21. The summed E-state index contributed by atoms with van der Waals surface area (Å²) in [7, 11) is 1.75. The minimum atomic E-state index is 0.406. The van der Waals surface area contributed by atoms with Gasteiger partial charge in [0.05, 0.1) is 33.2 Å². The number of aromatic nitrogens is 4. The molecule has 2 heterocycles. The number of hydrogen-bond donors (Lipinski definition) is 1. The van der Waals surface area contributed by atoms with Gasteiger partial charge in [0.25, 0.3) is 0 Å². The van der Waals surface area contributed by atoms with Crippen molar-refractivity contribution in [2.75, 3.05) is 5.32 Å². The predicted molar refractivity (Wildman–Crippen MR) is 83.4 cm³/mol. The molecule has 0 spiro atoms. The molecule has 1 aromatic carbocycles. The summed E-state index contributed by atoms with van der Waals surface area (Å²) in [6, 6.07) is 3.73. The zero-order valence-corrected chi connectivity index (χ0v) is 13.3. The highest BCUT2D eigenvalue weighted by Gasteiger charge is 2.18. The van der Waals surface area contributed by atoms with Crippen molar-refractivity contribution in [3.05, 3.63) is 27.4 Å². The van der Waals surface area contributed by atoms with Crippen molar-refractivity contribution < 1.29 is 0 Å². The Bertz CT molecular complexity index is 891. The molecule has 0 bridgehead atoms. The molecule has 2 aromatic heterocycles. The summed E-state index contributed by atoms with van der Waals surface area (Å²) >= 11 is 13.4. The lowest BCUT2D eigenvalue weighted by Crippen LogP contribution is -2.01. The van der Waals surface area contributed by atoms with Crippen LogP contribution >= 0.6 is 34.9 Å². The van der Waals surface area contributed by atoms with Crippen molar-refractivity contribution in [2.24, 2.45) is 7.05 Å². The van der Waals surface area contributed by atoms with Gasteiger partial charge in [0.1, 0.15) is 28.5 Å². The standard InChI is InChI=1S/C12H8Cl2N6S/c1-5-6(4-15)12(20(2)17-5)16-9-7(13)3-8(14)10-11(9)19-21-18-10/h3,16H,1-2H3. The van der Waals surface area contributed by atoms with Gasteiger partial charge < -0.3 is 5.32 Å². The molecule has 0 aliphatic heterocycles. The maximum Gasteiger partial charge on any atom is 0.146 e. The van der Waals surface area contributed by atoms with E-state index in [-0.39, 0.29) is 0 Å². The van der Waals surface area contributed by atoms with Gasteiger partial charge >= 0.3 is 0 Å². The first-order chi connectivity index (χ1) is 10.0. The number of nitrogens with one attached hydrogen (secondary N) is 1. The number of halogens is 2. The highest BCUT2D eigenvalue weighted by Crippen LogP contribution is 2.37. The minimum absolute atomic E-state index is 0.406. The molecule has 0 saturated carbocycles. The Kier molecular flexibility index (Phi) is 3.45. The summed E-state index contributed by atoms with van der Waals surface area (Å²) < 4.78 is 9.95. The second kappa shape index (κ2) is 5.15. The molecule has 6 nitrogen and oxygen atoms in total. The minimum Gasteiger partial charge on any atom is -0.336 e. The highest BCUT2D eigenvalue weighted by atomic mass is 35.5. The van der Waals surface area contributed by atoms with Crippen molar-refractivity contribution in [3.8, 4) is 6.07 Å². The van der Waals surface area contributed by atoms with Crippen LogP contribution in [0, 0.1) is 18.3 Å². The Morgan fingerprint density at radius 2 is 2.00 bits per heavy atom. The number of nitrogens with zero attached hydrogens (tertiary/aromatic N) is 5. The lowest BCUT2D eigenvalue weighted by atomic mass is 10.2. The van der Waals surface area contributed by atoms with Gasteiger partial charge in [0, 0.05) is 7.05 Å². The number of benzene rings is 1.